The van der Waals surface area contributed by atoms with Gasteiger partial charge in [0.05, 0.1) is 12.5 Å². The Bertz CT molecular complexity index is 940. The van der Waals surface area contributed by atoms with Crippen molar-refractivity contribution in [3.63, 3.8) is 0 Å². The number of urea groups is 1. The number of hydrogen-bond donors (Lipinski definition) is 1. The molecule has 1 aliphatic heterocycles. The number of imide groups is 1. The highest BCUT2D eigenvalue weighted by Crippen LogP contribution is 2.32. The van der Waals surface area contributed by atoms with Gasteiger partial charge in [-0.1, -0.05) is 55.5 Å². The van der Waals surface area contributed by atoms with E-state index in [0.717, 1.165) is 4.90 Å². The van der Waals surface area contributed by atoms with E-state index in [-0.39, 0.29) is 19.5 Å². The summed E-state index contributed by atoms with van der Waals surface area (Å²) in [5.41, 5.74) is 0.118. The van der Waals surface area contributed by atoms with Crippen LogP contribution in [0.25, 0.3) is 0 Å². The summed E-state index contributed by atoms with van der Waals surface area (Å²) >= 11 is 0. The third kappa shape index (κ3) is 3.83. The van der Waals surface area contributed by atoms with E-state index in [1.165, 1.54) is 4.90 Å². The van der Waals surface area contributed by atoms with E-state index < -0.39 is 23.4 Å². The summed E-state index contributed by atoms with van der Waals surface area (Å²) in [5, 5.41) is 11.7. The molecule has 0 saturated carbocycles. The fraction of sp³-hybridized carbons (Fsp3) is 0.273. The highest BCUT2D eigenvalue weighted by molar-refractivity contribution is 6.10. The molecule has 3 rings (SSSR count). The number of para-hydroxylation sites is 1. The van der Waals surface area contributed by atoms with E-state index >= 15 is 0 Å². The topological polar surface area (TPSA) is 93.5 Å². The summed E-state index contributed by atoms with van der Waals surface area (Å²) in [4.78, 5) is 41.2. The predicted octanol–water partition coefficient (Wildman–Crippen LogP) is 2.79. The van der Waals surface area contributed by atoms with Crippen LogP contribution < -0.4 is 10.2 Å². The van der Waals surface area contributed by atoms with E-state index in [2.05, 4.69) is 5.32 Å². The molecule has 0 bridgehead atoms. The molecule has 0 spiro atoms. The van der Waals surface area contributed by atoms with Crippen molar-refractivity contribution < 1.29 is 14.4 Å². The number of rotatable bonds is 7. The van der Waals surface area contributed by atoms with Crippen LogP contribution in [0.15, 0.2) is 60.7 Å². The number of amides is 4. The predicted molar refractivity (Wildman–Crippen MR) is 108 cm³/mol. The molecule has 0 aromatic heterocycles. The lowest BCUT2D eigenvalue weighted by Gasteiger charge is -2.26. The molecule has 2 aromatic carbocycles. The Balaban J connectivity index is 1.85. The van der Waals surface area contributed by atoms with Gasteiger partial charge in [0.2, 0.25) is 5.91 Å². The number of hydrogen-bond acceptors (Lipinski definition) is 4. The highest BCUT2D eigenvalue weighted by Gasteiger charge is 2.51. The van der Waals surface area contributed by atoms with Crippen molar-refractivity contribution in [1.29, 1.82) is 5.26 Å². The van der Waals surface area contributed by atoms with Gasteiger partial charge in [-0.3, -0.25) is 14.5 Å². The SMILES string of the molecule is CCC1(c2ccccc2)NC(=O)N(CC(=O)N(CCC#N)c2ccccc2)C1=O. The maximum Gasteiger partial charge on any atom is 0.325 e. The van der Waals surface area contributed by atoms with Crippen molar-refractivity contribution in [2.75, 3.05) is 18.0 Å². The van der Waals surface area contributed by atoms with Gasteiger partial charge in [-0.05, 0) is 24.1 Å². The third-order valence-electron chi connectivity index (χ3n) is 5.08. The molecule has 1 saturated heterocycles. The lowest BCUT2D eigenvalue weighted by atomic mass is 9.87. The molecule has 29 heavy (non-hydrogen) atoms. The van der Waals surface area contributed by atoms with Gasteiger partial charge in [-0.15, -0.1) is 0 Å². The second kappa shape index (κ2) is 8.57. The van der Waals surface area contributed by atoms with E-state index in [4.69, 9.17) is 5.26 Å². The van der Waals surface area contributed by atoms with Gasteiger partial charge in [0, 0.05) is 12.2 Å². The zero-order valence-electron chi connectivity index (χ0n) is 16.2. The van der Waals surface area contributed by atoms with Crippen LogP contribution in [0, 0.1) is 11.3 Å². The van der Waals surface area contributed by atoms with Gasteiger partial charge in [0.15, 0.2) is 0 Å². The summed E-state index contributed by atoms with van der Waals surface area (Å²) < 4.78 is 0. The highest BCUT2D eigenvalue weighted by atomic mass is 16.2. The fourth-order valence-electron chi connectivity index (χ4n) is 3.52. The van der Waals surface area contributed by atoms with Gasteiger partial charge in [0.1, 0.15) is 12.1 Å². The Kier molecular flexibility index (Phi) is 5.93. The molecule has 0 radical (unpaired) electrons. The third-order valence-corrected chi connectivity index (χ3v) is 5.08. The average molecular weight is 390 g/mol. The van der Waals surface area contributed by atoms with E-state index in [0.29, 0.717) is 17.7 Å². The summed E-state index contributed by atoms with van der Waals surface area (Å²) in [6.45, 7) is 1.61. The molecule has 2 aromatic rings. The first-order valence-corrected chi connectivity index (χ1v) is 9.45. The molecule has 1 fully saturated rings. The van der Waals surface area contributed by atoms with Gasteiger partial charge >= 0.3 is 6.03 Å². The average Bonchev–Trinajstić information content (AvgIpc) is 3.00. The van der Waals surface area contributed by atoms with Crippen molar-refractivity contribution in [3.8, 4) is 6.07 Å². The minimum Gasteiger partial charge on any atom is -0.319 e. The first-order valence-electron chi connectivity index (χ1n) is 9.45. The zero-order chi connectivity index (χ0) is 20.9. The number of nitrogens with zero attached hydrogens (tertiary/aromatic N) is 3. The van der Waals surface area contributed by atoms with E-state index in [1.807, 2.05) is 25.1 Å². The van der Waals surface area contributed by atoms with Gasteiger partial charge in [-0.2, -0.15) is 5.26 Å². The molecule has 1 atom stereocenters. The number of carbonyl (C=O) groups excluding carboxylic acids is 3. The maximum absolute atomic E-state index is 13.2. The first kappa shape index (κ1) is 20.1. The quantitative estimate of drug-likeness (QED) is 0.736. The second-order valence-electron chi connectivity index (χ2n) is 6.74. The number of nitrogens with one attached hydrogen (secondary N) is 1. The molecule has 7 heteroatoms. The number of anilines is 1. The molecular formula is C22H22N4O3. The van der Waals surface area contributed by atoms with Crippen molar-refractivity contribution in [1.82, 2.24) is 10.2 Å². The van der Waals surface area contributed by atoms with Crippen molar-refractivity contribution in [2.24, 2.45) is 0 Å². The largest absolute Gasteiger partial charge is 0.325 e. The Morgan fingerprint density at radius 2 is 1.72 bits per heavy atom. The minimum absolute atomic E-state index is 0.143. The zero-order valence-corrected chi connectivity index (χ0v) is 16.2. The number of benzene rings is 2. The van der Waals surface area contributed by atoms with Crippen LogP contribution >= 0.6 is 0 Å². The second-order valence-corrected chi connectivity index (χ2v) is 6.74. The number of carbonyl (C=O) groups is 3. The standard InChI is InChI=1S/C22H22N4O3/c1-2-22(17-10-5-3-6-11-17)20(28)26(21(29)24-22)16-19(27)25(15-9-14-23)18-12-7-4-8-13-18/h3-8,10-13H,2,9,15-16H2,1H3,(H,24,29). The molecule has 1 aliphatic rings. The summed E-state index contributed by atoms with van der Waals surface area (Å²) in [7, 11) is 0. The van der Waals surface area contributed by atoms with Gasteiger partial charge in [0.25, 0.3) is 5.91 Å². The molecular weight excluding hydrogens is 368 g/mol. The van der Waals surface area contributed by atoms with Crippen LogP contribution in [0.5, 0.6) is 0 Å². The first-order chi connectivity index (χ1) is 14.0. The van der Waals surface area contributed by atoms with Crippen LogP contribution in [0.2, 0.25) is 0 Å². The molecule has 1 heterocycles. The van der Waals surface area contributed by atoms with Crippen molar-refractivity contribution in [2.45, 2.75) is 25.3 Å². The Hall–Kier alpha value is -3.66. The molecule has 0 aliphatic carbocycles. The fourth-order valence-corrected chi connectivity index (χ4v) is 3.52. The maximum atomic E-state index is 13.2. The molecule has 1 N–H and O–H groups in total. The normalized spacial score (nSPS) is 18.3. The summed E-state index contributed by atoms with van der Waals surface area (Å²) in [6.07, 6.45) is 0.507. The van der Waals surface area contributed by atoms with Crippen LogP contribution in [0.1, 0.15) is 25.3 Å². The monoisotopic (exact) mass is 390 g/mol. The van der Waals surface area contributed by atoms with E-state index in [1.54, 1.807) is 48.5 Å². The molecule has 4 amide bonds. The van der Waals surface area contributed by atoms with E-state index in [9.17, 15) is 14.4 Å². The van der Waals surface area contributed by atoms with Crippen LogP contribution in [0.3, 0.4) is 0 Å². The van der Waals surface area contributed by atoms with Gasteiger partial charge < -0.3 is 10.2 Å². The Morgan fingerprint density at radius 3 is 2.31 bits per heavy atom. The molecule has 7 nitrogen and oxygen atoms in total. The molecule has 1 unspecified atom stereocenters. The molecule has 148 valence electrons. The van der Waals surface area contributed by atoms with Crippen molar-refractivity contribution in [3.05, 3.63) is 66.2 Å². The smallest absolute Gasteiger partial charge is 0.319 e. The van der Waals surface area contributed by atoms with Crippen molar-refractivity contribution >= 4 is 23.5 Å². The Labute approximate surface area is 169 Å². The Morgan fingerprint density at radius 1 is 1.10 bits per heavy atom. The minimum atomic E-state index is -1.18. The van der Waals surface area contributed by atoms with Crippen LogP contribution in [0.4, 0.5) is 10.5 Å². The van der Waals surface area contributed by atoms with Gasteiger partial charge in [-0.25, -0.2) is 4.79 Å². The summed E-state index contributed by atoms with van der Waals surface area (Å²) in [6, 6.07) is 19.3. The summed E-state index contributed by atoms with van der Waals surface area (Å²) in [5.74, 6) is -0.868. The van der Waals surface area contributed by atoms with Crippen LogP contribution in [-0.2, 0) is 15.1 Å². The lowest BCUT2D eigenvalue weighted by Crippen LogP contribution is -2.45. The number of nitriles is 1. The lowest BCUT2D eigenvalue weighted by molar-refractivity contribution is -0.134. The van der Waals surface area contributed by atoms with Crippen LogP contribution in [-0.4, -0.2) is 35.8 Å².